The second-order valence-corrected chi connectivity index (χ2v) is 16.4. The van der Waals surface area contributed by atoms with E-state index in [1.54, 1.807) is 0 Å². The van der Waals surface area contributed by atoms with Gasteiger partial charge < -0.3 is 0 Å². The standard InChI is InChI=1S/C58H37N5/c1-3-17-41(18-4-1)58(42-19-5-2-6-20-42)49-26-12-7-21-43(49)44-36-35-40(37-50(44)58)38-31-33-39(34-32-38)55-59-56(62-51-27-13-8-22-45(51)46-23-9-14-28-52(46)62)61-57(60-55)63-53-29-15-10-24-47(53)48-25-11-16-30-54(48)63/h1-37H. The highest BCUT2D eigenvalue weighted by molar-refractivity contribution is 6.10. The van der Waals surface area contributed by atoms with Gasteiger partial charge in [0.2, 0.25) is 11.9 Å². The third-order valence-electron chi connectivity index (χ3n) is 13.1. The zero-order valence-electron chi connectivity index (χ0n) is 34.1. The van der Waals surface area contributed by atoms with Crippen LogP contribution >= 0.6 is 0 Å². The van der Waals surface area contributed by atoms with E-state index in [4.69, 9.17) is 15.0 Å². The van der Waals surface area contributed by atoms with Crippen molar-refractivity contribution in [3.05, 3.63) is 247 Å². The van der Waals surface area contributed by atoms with Crippen molar-refractivity contribution in [2.24, 2.45) is 0 Å². The predicted octanol–water partition coefficient (Wildman–Crippen LogP) is 13.8. The van der Waals surface area contributed by atoms with Gasteiger partial charge in [-0.05, 0) is 74.8 Å². The maximum atomic E-state index is 5.33. The molecule has 63 heavy (non-hydrogen) atoms. The number of hydrogen-bond donors (Lipinski definition) is 0. The molecule has 0 unspecified atom stereocenters. The quantitative estimate of drug-likeness (QED) is 0.168. The molecule has 5 nitrogen and oxygen atoms in total. The second kappa shape index (κ2) is 13.8. The Kier molecular flexibility index (Phi) is 7.75. The number of para-hydroxylation sites is 4. The monoisotopic (exact) mass is 803 g/mol. The Morgan fingerprint density at radius 1 is 0.302 bits per heavy atom. The molecule has 0 saturated carbocycles. The van der Waals surface area contributed by atoms with Crippen molar-refractivity contribution in [2.45, 2.75) is 5.41 Å². The van der Waals surface area contributed by atoms with Gasteiger partial charge in [0.25, 0.3) is 0 Å². The molecule has 12 aromatic rings. The summed E-state index contributed by atoms with van der Waals surface area (Å²) in [6.07, 6.45) is 0. The number of aromatic nitrogens is 5. The average Bonchev–Trinajstić information content (AvgIpc) is 3.99. The van der Waals surface area contributed by atoms with Crippen molar-refractivity contribution in [1.82, 2.24) is 24.1 Å². The molecule has 5 heteroatoms. The van der Waals surface area contributed by atoms with Gasteiger partial charge in [-0.15, -0.1) is 0 Å². The molecule has 0 radical (unpaired) electrons. The number of rotatable bonds is 6. The molecule has 0 atom stereocenters. The molecule has 9 aromatic carbocycles. The summed E-state index contributed by atoms with van der Waals surface area (Å²) in [6.45, 7) is 0. The van der Waals surface area contributed by atoms with Crippen LogP contribution in [0, 0.1) is 0 Å². The number of fused-ring (bicyclic) bond motifs is 9. The van der Waals surface area contributed by atoms with Crippen LogP contribution in [0.5, 0.6) is 0 Å². The SMILES string of the molecule is c1ccc(C2(c3ccccc3)c3ccccc3-c3ccc(-c4ccc(-c5nc(-n6c7ccccc7c7ccccc76)nc(-n6c7ccccc7c7ccccc76)n5)cc4)cc32)cc1. The van der Waals surface area contributed by atoms with Gasteiger partial charge >= 0.3 is 0 Å². The smallest absolute Gasteiger partial charge is 0.240 e. The minimum Gasteiger partial charge on any atom is -0.278 e. The van der Waals surface area contributed by atoms with Crippen LogP contribution < -0.4 is 0 Å². The lowest BCUT2D eigenvalue weighted by atomic mass is 9.67. The van der Waals surface area contributed by atoms with Crippen molar-refractivity contribution < 1.29 is 0 Å². The summed E-state index contributed by atoms with van der Waals surface area (Å²) >= 11 is 0. The van der Waals surface area contributed by atoms with Crippen LogP contribution in [0.1, 0.15) is 22.3 Å². The molecule has 13 rings (SSSR count). The van der Waals surface area contributed by atoms with E-state index in [-0.39, 0.29) is 0 Å². The highest BCUT2D eigenvalue weighted by atomic mass is 15.3. The molecule has 0 amide bonds. The Bertz CT molecular complexity index is 3450. The molecule has 0 spiro atoms. The molecule has 0 saturated heterocycles. The van der Waals surface area contributed by atoms with Crippen molar-refractivity contribution in [3.63, 3.8) is 0 Å². The molecule has 3 heterocycles. The third kappa shape index (κ3) is 5.20. The summed E-state index contributed by atoms with van der Waals surface area (Å²) in [7, 11) is 0. The molecular formula is C58H37N5. The average molecular weight is 804 g/mol. The fraction of sp³-hybridized carbons (Fsp3) is 0.0172. The van der Waals surface area contributed by atoms with Crippen LogP contribution in [-0.2, 0) is 5.41 Å². The van der Waals surface area contributed by atoms with E-state index in [2.05, 4.69) is 234 Å². The number of benzene rings is 9. The summed E-state index contributed by atoms with van der Waals surface area (Å²) in [4.78, 5) is 15.9. The first kappa shape index (κ1) is 35.4. The summed E-state index contributed by atoms with van der Waals surface area (Å²) in [5.41, 5.74) is 14.5. The van der Waals surface area contributed by atoms with Crippen LogP contribution in [0.25, 0.3) is 89.2 Å². The van der Waals surface area contributed by atoms with E-state index in [0.29, 0.717) is 17.7 Å². The molecule has 0 aliphatic heterocycles. The zero-order valence-corrected chi connectivity index (χ0v) is 34.1. The molecule has 0 N–H and O–H groups in total. The van der Waals surface area contributed by atoms with E-state index < -0.39 is 5.41 Å². The van der Waals surface area contributed by atoms with Crippen LogP contribution in [0.4, 0.5) is 0 Å². The van der Waals surface area contributed by atoms with Gasteiger partial charge in [0.15, 0.2) is 5.82 Å². The third-order valence-corrected chi connectivity index (χ3v) is 13.1. The van der Waals surface area contributed by atoms with Gasteiger partial charge in [0.05, 0.1) is 27.5 Å². The first-order valence-corrected chi connectivity index (χ1v) is 21.5. The zero-order chi connectivity index (χ0) is 41.5. The molecule has 294 valence electrons. The predicted molar refractivity (Wildman–Crippen MR) is 257 cm³/mol. The molecule has 1 aliphatic rings. The number of hydrogen-bond acceptors (Lipinski definition) is 3. The van der Waals surface area contributed by atoms with E-state index in [1.807, 2.05) is 0 Å². The minimum absolute atomic E-state index is 0.471. The lowest BCUT2D eigenvalue weighted by molar-refractivity contribution is 0.769. The maximum absolute atomic E-state index is 5.33. The van der Waals surface area contributed by atoms with Gasteiger partial charge in [0, 0.05) is 27.1 Å². The van der Waals surface area contributed by atoms with Gasteiger partial charge in [0.1, 0.15) is 0 Å². The fourth-order valence-corrected chi connectivity index (χ4v) is 10.4. The van der Waals surface area contributed by atoms with Gasteiger partial charge in [-0.2, -0.15) is 15.0 Å². The van der Waals surface area contributed by atoms with Crippen molar-refractivity contribution in [1.29, 1.82) is 0 Å². The normalized spacial score (nSPS) is 12.9. The minimum atomic E-state index is -0.471. The maximum Gasteiger partial charge on any atom is 0.240 e. The first-order chi connectivity index (χ1) is 31.3. The van der Waals surface area contributed by atoms with Crippen LogP contribution in [0.2, 0.25) is 0 Å². The Morgan fingerprint density at radius 2 is 0.698 bits per heavy atom. The Balaban J connectivity index is 0.996. The summed E-state index contributed by atoms with van der Waals surface area (Å²) in [6, 6.07) is 80.5. The van der Waals surface area contributed by atoms with Crippen molar-refractivity contribution in [3.8, 4) is 45.5 Å². The first-order valence-electron chi connectivity index (χ1n) is 21.5. The molecule has 1 aliphatic carbocycles. The van der Waals surface area contributed by atoms with Gasteiger partial charge in [-0.3, -0.25) is 9.13 Å². The summed E-state index contributed by atoms with van der Waals surface area (Å²) in [5, 5.41) is 4.61. The van der Waals surface area contributed by atoms with E-state index in [0.717, 1.165) is 60.3 Å². The topological polar surface area (TPSA) is 48.5 Å². The lowest BCUT2D eigenvalue weighted by Crippen LogP contribution is -2.28. The summed E-state index contributed by atoms with van der Waals surface area (Å²) in [5.74, 6) is 1.73. The fourth-order valence-electron chi connectivity index (χ4n) is 10.4. The van der Waals surface area contributed by atoms with Crippen LogP contribution in [0.15, 0.2) is 224 Å². The van der Waals surface area contributed by atoms with Crippen molar-refractivity contribution in [2.75, 3.05) is 0 Å². The molecule has 0 bridgehead atoms. The molecule has 3 aromatic heterocycles. The van der Waals surface area contributed by atoms with E-state index in [1.165, 1.54) is 33.4 Å². The second-order valence-electron chi connectivity index (χ2n) is 16.4. The Morgan fingerprint density at radius 3 is 1.21 bits per heavy atom. The molecular weight excluding hydrogens is 767 g/mol. The van der Waals surface area contributed by atoms with Crippen LogP contribution in [0.3, 0.4) is 0 Å². The van der Waals surface area contributed by atoms with Gasteiger partial charge in [-0.1, -0.05) is 194 Å². The number of nitrogens with zero attached hydrogens (tertiary/aromatic N) is 5. The van der Waals surface area contributed by atoms with Crippen LogP contribution in [-0.4, -0.2) is 24.1 Å². The Hall–Kier alpha value is -8.41. The lowest BCUT2D eigenvalue weighted by Gasteiger charge is -2.34. The molecule has 0 fully saturated rings. The van der Waals surface area contributed by atoms with E-state index >= 15 is 0 Å². The highest BCUT2D eigenvalue weighted by Gasteiger charge is 2.46. The van der Waals surface area contributed by atoms with E-state index in [9.17, 15) is 0 Å². The summed E-state index contributed by atoms with van der Waals surface area (Å²) < 4.78 is 4.35. The van der Waals surface area contributed by atoms with Gasteiger partial charge in [-0.25, -0.2) is 0 Å². The Labute approximate surface area is 363 Å². The van der Waals surface area contributed by atoms with Crippen molar-refractivity contribution >= 4 is 43.6 Å². The largest absolute Gasteiger partial charge is 0.278 e. The highest BCUT2D eigenvalue weighted by Crippen LogP contribution is 2.56.